The molecule has 0 aliphatic heterocycles. The van der Waals surface area contributed by atoms with Crippen LogP contribution in [0.3, 0.4) is 0 Å². The van der Waals surface area contributed by atoms with Crippen LogP contribution in [0.2, 0.25) is 0 Å². The summed E-state index contributed by atoms with van der Waals surface area (Å²) in [6.45, 7) is 0. The van der Waals surface area contributed by atoms with E-state index >= 15 is 0 Å². The number of hydrogen-bond acceptors (Lipinski definition) is 3. The Morgan fingerprint density at radius 2 is 1.77 bits per heavy atom. The van der Waals surface area contributed by atoms with E-state index in [1.165, 1.54) is 18.2 Å². The Morgan fingerprint density at radius 3 is 2.50 bits per heavy atom. The minimum Gasteiger partial charge on any atom is -0.478 e. The number of carboxylic acid groups (broad SMARTS) is 1. The normalized spacial score (nSPS) is 12.0. The molecule has 2 N–H and O–H groups in total. The molecule has 4 rings (SSSR count). The van der Waals surface area contributed by atoms with E-state index in [4.69, 9.17) is 0 Å². The summed E-state index contributed by atoms with van der Waals surface area (Å²) < 4.78 is 38.8. The second-order valence-corrected chi connectivity index (χ2v) is 5.73. The van der Waals surface area contributed by atoms with Gasteiger partial charge in [-0.25, -0.2) is 4.79 Å². The molecule has 0 bridgehead atoms. The number of fused-ring (bicyclic) bond motifs is 3. The van der Waals surface area contributed by atoms with Crippen LogP contribution in [0.25, 0.3) is 33.2 Å². The lowest BCUT2D eigenvalue weighted by Crippen LogP contribution is -2.04. The highest BCUT2D eigenvalue weighted by Crippen LogP contribution is 2.33. The van der Waals surface area contributed by atoms with Crippen molar-refractivity contribution in [1.29, 1.82) is 0 Å². The molecule has 4 aromatic rings. The predicted octanol–water partition coefficient (Wildman–Crippen LogP) is 4.50. The van der Waals surface area contributed by atoms with Gasteiger partial charge in [-0.3, -0.25) is 0 Å². The molecule has 0 aliphatic rings. The van der Waals surface area contributed by atoms with Crippen molar-refractivity contribution >= 4 is 27.9 Å². The van der Waals surface area contributed by atoms with Crippen LogP contribution in [-0.4, -0.2) is 26.3 Å². The molecule has 2 heterocycles. The number of nitrogens with zero attached hydrogens (tertiary/aromatic N) is 2. The fraction of sp³-hybridized carbons (Fsp3) is 0.0556. The molecule has 26 heavy (non-hydrogen) atoms. The average molecular weight is 357 g/mol. The molecule has 0 amide bonds. The largest absolute Gasteiger partial charge is 0.478 e. The number of aromatic nitrogens is 3. The summed E-state index contributed by atoms with van der Waals surface area (Å²) in [5.74, 6) is -1.09. The predicted molar refractivity (Wildman–Crippen MR) is 88.8 cm³/mol. The van der Waals surface area contributed by atoms with Crippen molar-refractivity contribution in [3.8, 4) is 11.3 Å². The molecule has 8 heteroatoms. The Labute approximate surface area is 144 Å². The maximum Gasteiger partial charge on any atom is 0.416 e. The number of carboxylic acids is 1. The number of halogens is 3. The summed E-state index contributed by atoms with van der Waals surface area (Å²) in [7, 11) is 0. The van der Waals surface area contributed by atoms with Crippen molar-refractivity contribution in [2.75, 3.05) is 0 Å². The summed E-state index contributed by atoms with van der Waals surface area (Å²) in [5, 5.41) is 18.5. The van der Waals surface area contributed by atoms with E-state index < -0.39 is 17.7 Å². The third-order valence-corrected chi connectivity index (χ3v) is 4.11. The highest BCUT2D eigenvalue weighted by molar-refractivity contribution is 6.13. The quantitative estimate of drug-likeness (QED) is 0.554. The number of nitrogens with one attached hydrogen (secondary N) is 1. The first-order chi connectivity index (χ1) is 12.3. The van der Waals surface area contributed by atoms with Crippen LogP contribution in [-0.2, 0) is 6.18 Å². The number of para-hydroxylation sites is 1. The molecule has 5 nitrogen and oxygen atoms in total. The Kier molecular flexibility index (Phi) is 3.43. The summed E-state index contributed by atoms with van der Waals surface area (Å²) in [6.07, 6.45) is -4.45. The third-order valence-electron chi connectivity index (χ3n) is 4.11. The first-order valence-corrected chi connectivity index (χ1v) is 7.53. The number of alkyl halides is 3. The number of H-pyrrole nitrogens is 1. The second kappa shape index (κ2) is 5.55. The van der Waals surface area contributed by atoms with Crippen LogP contribution in [0.1, 0.15) is 15.9 Å². The maximum absolute atomic E-state index is 12.9. The Bertz CT molecular complexity index is 1170. The van der Waals surface area contributed by atoms with Gasteiger partial charge in [-0.1, -0.05) is 24.3 Å². The average Bonchev–Trinajstić information content (AvgIpc) is 2.98. The van der Waals surface area contributed by atoms with Crippen molar-refractivity contribution in [3.05, 3.63) is 59.7 Å². The van der Waals surface area contributed by atoms with Crippen molar-refractivity contribution in [2.24, 2.45) is 0 Å². The topological polar surface area (TPSA) is 78.9 Å². The van der Waals surface area contributed by atoms with Crippen molar-refractivity contribution in [2.45, 2.75) is 6.18 Å². The first kappa shape index (κ1) is 16.1. The van der Waals surface area contributed by atoms with Crippen LogP contribution >= 0.6 is 0 Å². The van der Waals surface area contributed by atoms with Gasteiger partial charge >= 0.3 is 12.1 Å². The molecule has 0 spiro atoms. The number of aromatic amines is 1. The van der Waals surface area contributed by atoms with Gasteiger partial charge in [0.1, 0.15) is 0 Å². The lowest BCUT2D eigenvalue weighted by atomic mass is 10.1. The molecule has 0 atom stereocenters. The zero-order valence-electron chi connectivity index (χ0n) is 13.0. The van der Waals surface area contributed by atoms with Gasteiger partial charge in [-0.15, -0.1) is 10.2 Å². The summed E-state index contributed by atoms with van der Waals surface area (Å²) in [6, 6.07) is 11.2. The van der Waals surface area contributed by atoms with E-state index in [-0.39, 0.29) is 16.8 Å². The zero-order chi connectivity index (χ0) is 18.5. The lowest BCUT2D eigenvalue weighted by Gasteiger charge is -2.08. The van der Waals surface area contributed by atoms with E-state index in [0.717, 1.165) is 12.1 Å². The third kappa shape index (κ3) is 2.55. The van der Waals surface area contributed by atoms with Gasteiger partial charge < -0.3 is 10.1 Å². The highest BCUT2D eigenvalue weighted by Gasteiger charge is 2.30. The Hall–Kier alpha value is -3.42. The number of hydrogen-bond donors (Lipinski definition) is 2. The summed E-state index contributed by atoms with van der Waals surface area (Å²) >= 11 is 0. The maximum atomic E-state index is 12.9. The molecule has 0 fully saturated rings. The van der Waals surface area contributed by atoms with E-state index in [9.17, 15) is 23.1 Å². The molecule has 0 saturated heterocycles. The Morgan fingerprint density at radius 1 is 1.00 bits per heavy atom. The van der Waals surface area contributed by atoms with E-state index in [1.807, 2.05) is 0 Å². The molecule has 0 unspecified atom stereocenters. The van der Waals surface area contributed by atoms with Gasteiger partial charge in [-0.2, -0.15) is 13.2 Å². The molecule has 2 aromatic carbocycles. The van der Waals surface area contributed by atoms with Crippen LogP contribution < -0.4 is 0 Å². The SMILES string of the molecule is O=C(O)c1cccc2c1[nH]c1nnc(-c3cccc(C(F)(F)F)c3)cc12. The summed E-state index contributed by atoms with van der Waals surface area (Å²) in [5.41, 5.74) is 0.614. The number of aromatic carboxylic acids is 1. The monoisotopic (exact) mass is 357 g/mol. The van der Waals surface area contributed by atoms with E-state index in [0.29, 0.717) is 21.9 Å². The van der Waals surface area contributed by atoms with Gasteiger partial charge in [0.25, 0.3) is 0 Å². The minimum atomic E-state index is -4.45. The van der Waals surface area contributed by atoms with Gasteiger partial charge in [-0.05, 0) is 24.3 Å². The first-order valence-electron chi connectivity index (χ1n) is 7.53. The number of carbonyl (C=O) groups is 1. The van der Waals surface area contributed by atoms with Crippen molar-refractivity contribution < 1.29 is 23.1 Å². The van der Waals surface area contributed by atoms with Crippen LogP contribution in [0.5, 0.6) is 0 Å². The van der Waals surface area contributed by atoms with Gasteiger partial charge in [0.2, 0.25) is 0 Å². The molecule has 0 radical (unpaired) electrons. The fourth-order valence-corrected chi connectivity index (χ4v) is 2.89. The van der Waals surface area contributed by atoms with Gasteiger partial charge in [0, 0.05) is 16.3 Å². The van der Waals surface area contributed by atoms with Crippen LogP contribution in [0, 0.1) is 0 Å². The molecular weight excluding hydrogens is 347 g/mol. The molecule has 0 saturated carbocycles. The van der Waals surface area contributed by atoms with Gasteiger partial charge in [0.05, 0.1) is 22.3 Å². The van der Waals surface area contributed by atoms with Gasteiger partial charge in [0.15, 0.2) is 5.65 Å². The summed E-state index contributed by atoms with van der Waals surface area (Å²) in [4.78, 5) is 14.3. The second-order valence-electron chi connectivity index (χ2n) is 5.73. The Balaban J connectivity index is 1.92. The molecule has 130 valence electrons. The van der Waals surface area contributed by atoms with E-state index in [1.54, 1.807) is 18.2 Å². The van der Waals surface area contributed by atoms with Crippen LogP contribution in [0.15, 0.2) is 48.5 Å². The van der Waals surface area contributed by atoms with Crippen molar-refractivity contribution in [3.63, 3.8) is 0 Å². The standard InChI is InChI=1S/C18H10F3N3O2/c19-18(20,21)10-4-1-3-9(7-10)14-8-13-11-5-2-6-12(17(25)26)15(11)22-16(13)24-23-14/h1-8H,(H,22,24)(H,25,26). The fourth-order valence-electron chi connectivity index (χ4n) is 2.89. The van der Waals surface area contributed by atoms with Crippen LogP contribution in [0.4, 0.5) is 13.2 Å². The lowest BCUT2D eigenvalue weighted by molar-refractivity contribution is -0.137. The highest BCUT2D eigenvalue weighted by atomic mass is 19.4. The molecule has 2 aromatic heterocycles. The smallest absolute Gasteiger partial charge is 0.416 e. The number of benzene rings is 2. The molecule has 0 aliphatic carbocycles. The zero-order valence-corrected chi connectivity index (χ0v) is 13.0. The van der Waals surface area contributed by atoms with Crippen molar-refractivity contribution in [1.82, 2.24) is 15.2 Å². The number of rotatable bonds is 2. The minimum absolute atomic E-state index is 0.0844. The molecular formula is C18H10F3N3O2. The van der Waals surface area contributed by atoms with E-state index in [2.05, 4.69) is 15.2 Å².